The number of nitrogens with zero attached hydrogens (tertiary/aromatic N) is 1. The fraction of sp³-hybridized carbons (Fsp3) is 0.0625. The Hall–Kier alpha value is -2.59. The van der Waals surface area contributed by atoms with Crippen LogP contribution in [0.2, 0.25) is 5.02 Å². The molecule has 5 nitrogen and oxygen atoms in total. The van der Waals surface area contributed by atoms with Crippen molar-refractivity contribution in [1.29, 1.82) is 0 Å². The lowest BCUT2D eigenvalue weighted by atomic mass is 10.3. The van der Waals surface area contributed by atoms with Crippen LogP contribution >= 0.6 is 11.6 Å². The summed E-state index contributed by atoms with van der Waals surface area (Å²) in [5.74, 6) is -3.08. The van der Waals surface area contributed by atoms with E-state index in [1.165, 1.54) is 0 Å². The molecule has 0 aliphatic rings. The normalized spacial score (nSPS) is 11.7. The summed E-state index contributed by atoms with van der Waals surface area (Å²) in [4.78, 5) is 11.2. The molecule has 2 aromatic carbocycles. The van der Waals surface area contributed by atoms with Gasteiger partial charge in [-0.25, -0.2) is 12.8 Å². The van der Waals surface area contributed by atoms with Crippen molar-refractivity contribution < 1.29 is 35.5 Å². The lowest BCUT2D eigenvalue weighted by Crippen LogP contribution is -2.36. The zero-order valence-corrected chi connectivity index (χ0v) is 14.8. The quantitative estimate of drug-likeness (QED) is 0.532. The Labute approximate surface area is 156 Å². The van der Waals surface area contributed by atoms with Crippen LogP contribution in [0.5, 0.6) is 5.75 Å². The molecule has 0 aliphatic carbocycles. The van der Waals surface area contributed by atoms with Gasteiger partial charge in [0.1, 0.15) is 16.5 Å². The maximum atomic E-state index is 13.3. The fourth-order valence-electron chi connectivity index (χ4n) is 2.07. The second-order valence-corrected chi connectivity index (χ2v) is 7.06. The number of hydrogen-bond acceptors (Lipinski definition) is 4. The van der Waals surface area contributed by atoms with E-state index in [2.05, 4.69) is 11.3 Å². The highest BCUT2D eigenvalue weighted by Crippen LogP contribution is 2.36. The van der Waals surface area contributed by atoms with Crippen molar-refractivity contribution in [2.75, 3.05) is 4.31 Å². The molecule has 0 atom stereocenters. The van der Waals surface area contributed by atoms with Gasteiger partial charge in [0.15, 0.2) is 0 Å². The summed E-state index contributed by atoms with van der Waals surface area (Å²) in [5, 5.41) is -0.456. The molecule has 2 aromatic rings. The van der Waals surface area contributed by atoms with Crippen molar-refractivity contribution in [2.24, 2.45) is 0 Å². The Bertz CT molecular complexity index is 992. The third kappa shape index (κ3) is 4.58. The number of anilines is 1. The predicted octanol–water partition coefficient (Wildman–Crippen LogP) is 4.29. The molecule has 144 valence electrons. The Kier molecular flexibility index (Phi) is 5.81. The van der Waals surface area contributed by atoms with E-state index < -0.39 is 49.5 Å². The number of ether oxygens (including phenoxy) is 1. The highest BCUT2D eigenvalue weighted by Gasteiger charge is 2.37. The van der Waals surface area contributed by atoms with Gasteiger partial charge in [-0.2, -0.15) is 4.31 Å². The van der Waals surface area contributed by atoms with Crippen LogP contribution in [0.25, 0.3) is 0 Å². The van der Waals surface area contributed by atoms with Gasteiger partial charge in [0.25, 0.3) is 15.9 Å². The van der Waals surface area contributed by atoms with Gasteiger partial charge in [-0.3, -0.25) is 4.79 Å². The number of sulfonamides is 1. The Balaban J connectivity index is 2.70. The molecule has 0 aliphatic heterocycles. The molecule has 0 saturated heterocycles. The SMILES string of the molecule is C=CC(=O)N(c1ccc(F)cc1Cl)S(=O)(=O)c1ccccc1OC(F)(F)F. The lowest BCUT2D eigenvalue weighted by Gasteiger charge is -2.23. The largest absolute Gasteiger partial charge is 0.573 e. The standard InChI is InChI=1S/C16H10ClF4NO4S/c1-2-15(23)22(12-8-7-10(18)9-11(12)17)27(24,25)14-6-4-3-5-13(14)26-16(19,20)21/h2-9H,1H2. The monoisotopic (exact) mass is 423 g/mol. The van der Waals surface area contributed by atoms with E-state index in [1.54, 1.807) is 0 Å². The summed E-state index contributed by atoms with van der Waals surface area (Å²) in [6, 6.07) is 6.31. The second-order valence-electron chi connectivity index (χ2n) is 4.90. The highest BCUT2D eigenvalue weighted by atomic mass is 35.5. The minimum atomic E-state index is -5.17. The average Bonchev–Trinajstić information content (AvgIpc) is 2.55. The number of hydrogen-bond donors (Lipinski definition) is 0. The van der Waals surface area contributed by atoms with Crippen molar-refractivity contribution in [2.45, 2.75) is 11.3 Å². The predicted molar refractivity (Wildman–Crippen MR) is 89.4 cm³/mol. The van der Waals surface area contributed by atoms with Crippen LogP contribution in [-0.2, 0) is 14.8 Å². The van der Waals surface area contributed by atoms with Crippen molar-refractivity contribution in [3.05, 3.63) is 66.0 Å². The third-order valence-electron chi connectivity index (χ3n) is 3.10. The summed E-state index contributed by atoms with van der Waals surface area (Å²) in [6.07, 6.45) is -4.56. The van der Waals surface area contributed by atoms with Gasteiger partial charge in [0.05, 0.1) is 10.7 Å². The number of carbonyl (C=O) groups is 1. The molecular weight excluding hydrogens is 414 g/mol. The molecule has 0 fully saturated rings. The van der Waals surface area contributed by atoms with E-state index in [0.29, 0.717) is 6.08 Å². The van der Waals surface area contributed by atoms with E-state index >= 15 is 0 Å². The molecule has 2 rings (SSSR count). The minimum absolute atomic E-state index is 0.111. The van der Waals surface area contributed by atoms with Crippen LogP contribution in [0, 0.1) is 5.82 Å². The highest BCUT2D eigenvalue weighted by molar-refractivity contribution is 7.93. The van der Waals surface area contributed by atoms with Crippen molar-refractivity contribution >= 4 is 33.2 Å². The van der Waals surface area contributed by atoms with Crippen LogP contribution in [0.3, 0.4) is 0 Å². The maximum absolute atomic E-state index is 13.3. The minimum Gasteiger partial charge on any atom is -0.404 e. The molecule has 0 aromatic heterocycles. The number of amides is 1. The summed E-state index contributed by atoms with van der Waals surface area (Å²) in [7, 11) is -4.92. The van der Waals surface area contributed by atoms with E-state index in [9.17, 15) is 30.8 Å². The molecule has 0 heterocycles. The molecule has 0 spiro atoms. The number of rotatable bonds is 5. The zero-order chi connectivity index (χ0) is 20.4. The number of para-hydroxylation sites is 1. The molecule has 0 unspecified atom stereocenters. The Morgan fingerprint density at radius 1 is 1.19 bits per heavy atom. The Morgan fingerprint density at radius 3 is 2.37 bits per heavy atom. The molecule has 0 bridgehead atoms. The molecule has 0 saturated carbocycles. The van der Waals surface area contributed by atoms with E-state index in [1.807, 2.05) is 0 Å². The summed E-state index contributed by atoms with van der Waals surface area (Å²) in [6.45, 7) is 3.16. The van der Waals surface area contributed by atoms with Crippen molar-refractivity contribution in [1.82, 2.24) is 0 Å². The van der Waals surface area contributed by atoms with Crippen molar-refractivity contribution in [3.63, 3.8) is 0 Å². The van der Waals surface area contributed by atoms with Crippen molar-refractivity contribution in [3.8, 4) is 5.75 Å². The molecular formula is C16H10ClF4NO4S. The number of benzene rings is 2. The first-order valence-electron chi connectivity index (χ1n) is 6.99. The molecule has 27 heavy (non-hydrogen) atoms. The molecule has 1 amide bonds. The smallest absolute Gasteiger partial charge is 0.404 e. The first-order valence-corrected chi connectivity index (χ1v) is 8.80. The number of halogens is 5. The second kappa shape index (κ2) is 7.57. The van der Waals surface area contributed by atoms with E-state index in [-0.39, 0.29) is 4.31 Å². The first kappa shape index (κ1) is 20.7. The van der Waals surface area contributed by atoms with Gasteiger partial charge in [-0.15, -0.1) is 13.2 Å². The zero-order valence-electron chi connectivity index (χ0n) is 13.2. The molecule has 0 radical (unpaired) electrons. The summed E-state index contributed by atoms with van der Waals surface area (Å²) < 4.78 is 80.7. The van der Waals surface area contributed by atoms with E-state index in [0.717, 1.165) is 42.5 Å². The first-order chi connectivity index (χ1) is 12.5. The third-order valence-corrected chi connectivity index (χ3v) is 5.15. The van der Waals surface area contributed by atoms with Gasteiger partial charge < -0.3 is 4.74 Å². The topological polar surface area (TPSA) is 63.7 Å². The van der Waals surface area contributed by atoms with Crippen LogP contribution < -0.4 is 9.04 Å². The maximum Gasteiger partial charge on any atom is 0.573 e. The van der Waals surface area contributed by atoms with Gasteiger partial charge in [0.2, 0.25) is 0 Å². The molecule has 0 N–H and O–H groups in total. The van der Waals surface area contributed by atoms with Crippen LogP contribution in [0.4, 0.5) is 23.2 Å². The Morgan fingerprint density at radius 2 is 1.81 bits per heavy atom. The van der Waals surface area contributed by atoms with Gasteiger partial charge in [-0.1, -0.05) is 30.3 Å². The number of alkyl halides is 3. The fourth-order valence-corrected chi connectivity index (χ4v) is 3.91. The van der Waals surface area contributed by atoms with Gasteiger partial charge in [0, 0.05) is 0 Å². The summed E-state index contributed by atoms with van der Waals surface area (Å²) in [5.41, 5.74) is -0.468. The van der Waals surface area contributed by atoms with Gasteiger partial charge in [-0.05, 0) is 36.4 Å². The summed E-state index contributed by atoms with van der Waals surface area (Å²) >= 11 is 5.82. The van der Waals surface area contributed by atoms with Gasteiger partial charge >= 0.3 is 6.36 Å². The van der Waals surface area contributed by atoms with Crippen LogP contribution in [0.1, 0.15) is 0 Å². The van der Waals surface area contributed by atoms with Crippen LogP contribution in [0.15, 0.2) is 60.0 Å². The van der Waals surface area contributed by atoms with Crippen LogP contribution in [-0.4, -0.2) is 20.7 Å². The van der Waals surface area contributed by atoms with E-state index in [4.69, 9.17) is 11.6 Å². The average molecular weight is 424 g/mol. The lowest BCUT2D eigenvalue weighted by molar-refractivity contribution is -0.275. The number of carbonyl (C=O) groups excluding carboxylic acids is 1. The molecule has 11 heteroatoms.